The highest BCUT2D eigenvalue weighted by atomic mass is 19.1. The van der Waals surface area contributed by atoms with Gasteiger partial charge in [-0.2, -0.15) is 4.98 Å². The SMILES string of the molecule is Cc1nc(-c2nc3c(n2C)CN([C@H]2CO[C@H](c4cc(F)ccc4F)[C@@H](NC(=O)OC(C)(C)C)C2)C3)no1. The second kappa shape index (κ2) is 9.49. The summed E-state index contributed by atoms with van der Waals surface area (Å²) in [7, 11) is 1.91. The van der Waals surface area contributed by atoms with Crippen LogP contribution in [0.5, 0.6) is 0 Å². The first-order valence-corrected chi connectivity index (χ1v) is 12.1. The summed E-state index contributed by atoms with van der Waals surface area (Å²) in [5.74, 6) is 0.359. The third-order valence-electron chi connectivity index (χ3n) is 6.57. The molecule has 2 aromatic heterocycles. The quantitative estimate of drug-likeness (QED) is 0.558. The van der Waals surface area contributed by atoms with Gasteiger partial charge < -0.3 is 23.9 Å². The van der Waals surface area contributed by atoms with Crippen molar-refractivity contribution >= 4 is 6.09 Å². The number of amides is 1. The molecule has 0 bridgehead atoms. The molecule has 5 rings (SSSR count). The molecule has 37 heavy (non-hydrogen) atoms. The van der Waals surface area contributed by atoms with Crippen LogP contribution < -0.4 is 5.32 Å². The summed E-state index contributed by atoms with van der Waals surface area (Å²) in [6.45, 7) is 8.44. The number of aromatic nitrogens is 4. The fraction of sp³-hybridized carbons (Fsp3) is 0.520. The van der Waals surface area contributed by atoms with Gasteiger partial charge in [0.2, 0.25) is 11.7 Å². The minimum Gasteiger partial charge on any atom is -0.444 e. The monoisotopic (exact) mass is 516 g/mol. The lowest BCUT2D eigenvalue weighted by Gasteiger charge is -2.40. The molecule has 0 saturated carbocycles. The van der Waals surface area contributed by atoms with Gasteiger partial charge in [-0.1, -0.05) is 5.16 Å². The van der Waals surface area contributed by atoms with Crippen molar-refractivity contribution in [3.05, 3.63) is 52.7 Å². The number of hydrogen-bond acceptors (Lipinski definition) is 8. The van der Waals surface area contributed by atoms with Gasteiger partial charge in [-0.15, -0.1) is 0 Å². The van der Waals surface area contributed by atoms with E-state index in [1.165, 1.54) is 0 Å². The van der Waals surface area contributed by atoms with E-state index in [1.807, 2.05) is 11.6 Å². The van der Waals surface area contributed by atoms with Gasteiger partial charge in [0.05, 0.1) is 24.0 Å². The number of rotatable bonds is 4. The van der Waals surface area contributed by atoms with Gasteiger partial charge in [0, 0.05) is 38.7 Å². The molecule has 3 atom stereocenters. The highest BCUT2D eigenvalue weighted by Gasteiger charge is 2.40. The summed E-state index contributed by atoms with van der Waals surface area (Å²) in [4.78, 5) is 23.8. The van der Waals surface area contributed by atoms with Crippen LogP contribution in [-0.4, -0.2) is 55.0 Å². The van der Waals surface area contributed by atoms with Crippen molar-refractivity contribution in [1.29, 1.82) is 0 Å². The Bertz CT molecular complexity index is 1320. The van der Waals surface area contributed by atoms with Gasteiger partial charge >= 0.3 is 6.09 Å². The predicted molar refractivity (Wildman–Crippen MR) is 127 cm³/mol. The molecule has 1 amide bonds. The largest absolute Gasteiger partial charge is 0.444 e. The number of ether oxygens (including phenoxy) is 2. The van der Waals surface area contributed by atoms with E-state index in [0.717, 1.165) is 29.6 Å². The van der Waals surface area contributed by atoms with Gasteiger partial charge in [-0.05, 0) is 45.4 Å². The summed E-state index contributed by atoms with van der Waals surface area (Å²) in [6, 6.07) is 2.49. The fourth-order valence-electron chi connectivity index (χ4n) is 4.90. The molecular weight excluding hydrogens is 486 g/mol. The number of imidazole rings is 1. The van der Waals surface area contributed by atoms with Crippen molar-refractivity contribution in [2.75, 3.05) is 6.61 Å². The molecule has 2 aliphatic rings. The molecule has 3 aromatic rings. The average Bonchev–Trinajstić information content (AvgIpc) is 3.50. The van der Waals surface area contributed by atoms with Crippen LogP contribution in [0.1, 0.15) is 56.1 Å². The third kappa shape index (κ3) is 5.21. The first-order valence-electron chi connectivity index (χ1n) is 12.1. The number of benzene rings is 1. The maximum Gasteiger partial charge on any atom is 0.407 e. The van der Waals surface area contributed by atoms with E-state index in [2.05, 4.69) is 20.4 Å². The first-order chi connectivity index (χ1) is 17.5. The van der Waals surface area contributed by atoms with Crippen molar-refractivity contribution < 1.29 is 27.6 Å². The summed E-state index contributed by atoms with van der Waals surface area (Å²) in [5.41, 5.74) is 1.27. The van der Waals surface area contributed by atoms with Crippen LogP contribution in [0.15, 0.2) is 22.7 Å². The van der Waals surface area contributed by atoms with Crippen LogP contribution in [0.4, 0.5) is 13.6 Å². The third-order valence-corrected chi connectivity index (χ3v) is 6.57. The van der Waals surface area contributed by atoms with Crippen molar-refractivity contribution in [1.82, 2.24) is 29.9 Å². The van der Waals surface area contributed by atoms with Crippen LogP contribution in [0.25, 0.3) is 11.6 Å². The first kappa shape index (κ1) is 25.3. The molecule has 1 saturated heterocycles. The molecule has 10 nitrogen and oxygen atoms in total. The van der Waals surface area contributed by atoms with E-state index >= 15 is 0 Å². The van der Waals surface area contributed by atoms with Gasteiger partial charge in [0.25, 0.3) is 0 Å². The highest BCUT2D eigenvalue weighted by molar-refractivity contribution is 5.68. The standard InChI is InChI=1S/C25H30F2N6O4/c1-13-28-22(31-37-13)23-29-19-10-33(11-20(19)32(23)5)15-9-18(30-24(34)36-25(2,3)4)21(35-12-15)16-8-14(26)6-7-17(16)27/h6-8,15,18,21H,9-12H2,1-5H3,(H,30,34)/t15-,18+,21-/m1/s1. The normalized spacial score (nSPS) is 22.2. The zero-order valence-electron chi connectivity index (χ0n) is 21.4. The average molecular weight is 517 g/mol. The molecule has 0 spiro atoms. The van der Waals surface area contributed by atoms with E-state index in [9.17, 15) is 13.6 Å². The predicted octanol–water partition coefficient (Wildman–Crippen LogP) is 3.80. The Morgan fingerprint density at radius 3 is 2.68 bits per heavy atom. The lowest BCUT2D eigenvalue weighted by Crippen LogP contribution is -2.52. The number of fused-ring (bicyclic) bond motifs is 1. The number of aryl methyl sites for hydroxylation is 1. The topological polar surface area (TPSA) is 108 Å². The Morgan fingerprint density at radius 1 is 1.22 bits per heavy atom. The number of nitrogens with one attached hydrogen (secondary N) is 1. The molecule has 0 unspecified atom stereocenters. The second-order valence-corrected chi connectivity index (χ2v) is 10.5. The molecule has 0 radical (unpaired) electrons. The van der Waals surface area contributed by atoms with E-state index in [1.54, 1.807) is 27.7 Å². The molecule has 1 N–H and O–H groups in total. The smallest absolute Gasteiger partial charge is 0.407 e. The molecule has 2 aliphatic heterocycles. The molecule has 198 valence electrons. The Balaban J connectivity index is 1.35. The number of nitrogens with zero attached hydrogens (tertiary/aromatic N) is 5. The van der Waals surface area contributed by atoms with Crippen LogP contribution in [-0.2, 0) is 29.6 Å². The van der Waals surface area contributed by atoms with E-state index in [0.29, 0.717) is 37.0 Å². The molecule has 1 fully saturated rings. The van der Waals surface area contributed by atoms with Crippen LogP contribution in [0.2, 0.25) is 0 Å². The van der Waals surface area contributed by atoms with Crippen molar-refractivity contribution in [3.8, 4) is 11.6 Å². The van der Waals surface area contributed by atoms with E-state index in [-0.39, 0.29) is 18.2 Å². The maximum atomic E-state index is 14.7. The minimum atomic E-state index is -0.865. The number of carbonyl (C=O) groups excluding carboxylic acids is 1. The summed E-state index contributed by atoms with van der Waals surface area (Å²) >= 11 is 0. The molecular formula is C25H30F2N6O4. The molecule has 4 heterocycles. The van der Waals surface area contributed by atoms with Crippen molar-refractivity contribution in [3.63, 3.8) is 0 Å². The van der Waals surface area contributed by atoms with Gasteiger partial charge in [-0.3, -0.25) is 4.90 Å². The molecule has 0 aliphatic carbocycles. The number of carbonyl (C=O) groups is 1. The van der Waals surface area contributed by atoms with Gasteiger partial charge in [0.15, 0.2) is 5.82 Å². The fourth-order valence-corrected chi connectivity index (χ4v) is 4.90. The summed E-state index contributed by atoms with van der Waals surface area (Å²) in [6.07, 6.45) is -1.06. The maximum absolute atomic E-state index is 14.7. The summed E-state index contributed by atoms with van der Waals surface area (Å²) < 4.78 is 47.2. The Labute approximate surface area is 212 Å². The van der Waals surface area contributed by atoms with Crippen LogP contribution >= 0.6 is 0 Å². The number of hydrogen-bond donors (Lipinski definition) is 1. The lowest BCUT2D eigenvalue weighted by atomic mass is 9.92. The summed E-state index contributed by atoms with van der Waals surface area (Å²) in [5, 5.41) is 6.80. The Kier molecular flexibility index (Phi) is 6.48. The molecule has 1 aromatic carbocycles. The number of alkyl carbamates (subject to hydrolysis) is 1. The van der Waals surface area contributed by atoms with Crippen LogP contribution in [0, 0.1) is 18.6 Å². The van der Waals surface area contributed by atoms with Crippen molar-refractivity contribution in [2.45, 2.75) is 71.0 Å². The zero-order valence-corrected chi connectivity index (χ0v) is 21.4. The molecule has 12 heteroatoms. The van der Waals surface area contributed by atoms with Gasteiger partial charge in [-0.25, -0.2) is 18.6 Å². The number of halogens is 2. The zero-order chi connectivity index (χ0) is 26.5. The Hall–Kier alpha value is -3.38. The lowest BCUT2D eigenvalue weighted by molar-refractivity contribution is -0.0630. The Morgan fingerprint density at radius 2 is 2.00 bits per heavy atom. The van der Waals surface area contributed by atoms with E-state index in [4.69, 9.17) is 19.0 Å². The van der Waals surface area contributed by atoms with Gasteiger partial charge in [0.1, 0.15) is 23.3 Å². The van der Waals surface area contributed by atoms with Crippen molar-refractivity contribution in [2.24, 2.45) is 7.05 Å². The highest BCUT2D eigenvalue weighted by Crippen LogP contribution is 2.36. The van der Waals surface area contributed by atoms with Crippen LogP contribution in [0.3, 0.4) is 0 Å². The van der Waals surface area contributed by atoms with E-state index < -0.39 is 35.5 Å². The minimum absolute atomic E-state index is 0.0610. The second-order valence-electron chi connectivity index (χ2n) is 10.5.